The maximum atomic E-state index is 12.6. The van der Waals surface area contributed by atoms with Gasteiger partial charge in [-0.25, -0.2) is 0 Å². The second-order valence-electron chi connectivity index (χ2n) is 6.40. The fourth-order valence-electron chi connectivity index (χ4n) is 3.41. The first-order chi connectivity index (χ1) is 10.1. The molecule has 6 nitrogen and oxygen atoms in total. The summed E-state index contributed by atoms with van der Waals surface area (Å²) in [5, 5.41) is 9.00. The summed E-state index contributed by atoms with van der Waals surface area (Å²) < 4.78 is 0. The van der Waals surface area contributed by atoms with E-state index in [4.69, 9.17) is 5.11 Å². The van der Waals surface area contributed by atoms with Crippen LogP contribution in [-0.4, -0.2) is 58.4 Å². The van der Waals surface area contributed by atoms with Crippen LogP contribution in [0.15, 0.2) is 0 Å². The minimum absolute atomic E-state index is 0.0188. The van der Waals surface area contributed by atoms with Crippen molar-refractivity contribution in [1.82, 2.24) is 9.80 Å². The number of rotatable bonds is 3. The topological polar surface area (TPSA) is 77.9 Å². The first-order valence-electron chi connectivity index (χ1n) is 7.90. The summed E-state index contributed by atoms with van der Waals surface area (Å²) in [4.78, 5) is 39.3. The largest absolute Gasteiger partial charge is 0.481 e. The number of carbonyl (C=O) groups is 3. The van der Waals surface area contributed by atoms with Gasteiger partial charge in [0.1, 0.15) is 6.04 Å². The van der Waals surface area contributed by atoms with Gasteiger partial charge in [-0.2, -0.15) is 0 Å². The number of nitrogens with zero attached hydrogens (tertiary/aromatic N) is 2. The third-order valence-corrected chi connectivity index (χ3v) is 4.90. The van der Waals surface area contributed by atoms with E-state index in [1.54, 1.807) is 9.80 Å². The Kier molecular flexibility index (Phi) is 3.87. The summed E-state index contributed by atoms with van der Waals surface area (Å²) in [5.41, 5.74) is 0. The molecule has 3 rings (SSSR count). The molecule has 0 aromatic heterocycles. The molecule has 3 fully saturated rings. The highest BCUT2D eigenvalue weighted by Gasteiger charge is 2.42. The van der Waals surface area contributed by atoms with Gasteiger partial charge in [0, 0.05) is 25.6 Å². The second-order valence-corrected chi connectivity index (χ2v) is 6.40. The van der Waals surface area contributed by atoms with E-state index in [0.29, 0.717) is 32.5 Å². The number of hydrogen-bond donors (Lipinski definition) is 1. The zero-order chi connectivity index (χ0) is 15.0. The van der Waals surface area contributed by atoms with Gasteiger partial charge in [0.15, 0.2) is 0 Å². The zero-order valence-corrected chi connectivity index (χ0v) is 12.2. The molecule has 2 amide bonds. The van der Waals surface area contributed by atoms with Crippen molar-refractivity contribution in [3.05, 3.63) is 0 Å². The molecule has 116 valence electrons. The molecule has 0 aromatic carbocycles. The minimum atomic E-state index is -0.770. The number of carbonyl (C=O) groups excluding carboxylic acids is 2. The molecule has 0 aromatic rings. The molecule has 1 atom stereocenters. The molecule has 0 bridgehead atoms. The van der Waals surface area contributed by atoms with Gasteiger partial charge in [-0.05, 0) is 38.5 Å². The Morgan fingerprint density at radius 2 is 1.48 bits per heavy atom. The smallest absolute Gasteiger partial charge is 0.306 e. The summed E-state index contributed by atoms with van der Waals surface area (Å²) >= 11 is 0. The van der Waals surface area contributed by atoms with Gasteiger partial charge in [0.25, 0.3) is 0 Å². The van der Waals surface area contributed by atoms with Gasteiger partial charge in [0.05, 0.1) is 5.92 Å². The average Bonchev–Trinajstić information content (AvgIpc) is 3.23. The van der Waals surface area contributed by atoms with Gasteiger partial charge in [-0.3, -0.25) is 14.4 Å². The molecular formula is C15H22N2O4. The number of hydrogen-bond acceptors (Lipinski definition) is 3. The molecule has 3 aliphatic rings. The predicted octanol–water partition coefficient (Wildman–Crippen LogP) is 0.711. The fraction of sp³-hybridized carbons (Fsp3) is 0.800. The molecular weight excluding hydrogens is 272 g/mol. The van der Waals surface area contributed by atoms with Crippen LogP contribution in [0.1, 0.15) is 38.5 Å². The van der Waals surface area contributed by atoms with Crippen molar-refractivity contribution in [3.63, 3.8) is 0 Å². The monoisotopic (exact) mass is 294 g/mol. The third kappa shape index (κ3) is 2.89. The van der Waals surface area contributed by atoms with Crippen LogP contribution < -0.4 is 0 Å². The van der Waals surface area contributed by atoms with Gasteiger partial charge in [0.2, 0.25) is 11.8 Å². The Morgan fingerprint density at radius 1 is 0.810 bits per heavy atom. The van der Waals surface area contributed by atoms with Gasteiger partial charge in [-0.15, -0.1) is 0 Å². The number of carboxylic acids is 1. The molecule has 1 saturated carbocycles. The van der Waals surface area contributed by atoms with E-state index >= 15 is 0 Å². The van der Waals surface area contributed by atoms with E-state index in [9.17, 15) is 14.4 Å². The Morgan fingerprint density at radius 3 is 2.05 bits per heavy atom. The second kappa shape index (κ2) is 5.66. The summed E-state index contributed by atoms with van der Waals surface area (Å²) in [7, 11) is 0. The number of likely N-dealkylation sites (tertiary alicyclic amines) is 2. The molecule has 0 spiro atoms. The van der Waals surface area contributed by atoms with Crippen LogP contribution in [-0.2, 0) is 14.4 Å². The van der Waals surface area contributed by atoms with Crippen molar-refractivity contribution in [3.8, 4) is 0 Å². The van der Waals surface area contributed by atoms with Crippen LogP contribution in [0.25, 0.3) is 0 Å². The summed E-state index contributed by atoms with van der Waals surface area (Å²) in [6, 6.07) is -0.306. The lowest BCUT2D eigenvalue weighted by atomic mass is 9.96. The molecule has 1 N–H and O–H groups in total. The lowest BCUT2D eigenvalue weighted by molar-refractivity contribution is -0.148. The Bertz CT molecular complexity index is 453. The quantitative estimate of drug-likeness (QED) is 0.831. The summed E-state index contributed by atoms with van der Waals surface area (Å²) in [6.45, 7) is 1.69. The van der Waals surface area contributed by atoms with Crippen LogP contribution >= 0.6 is 0 Å². The third-order valence-electron chi connectivity index (χ3n) is 4.90. The molecule has 2 heterocycles. The first-order valence-corrected chi connectivity index (χ1v) is 7.90. The van der Waals surface area contributed by atoms with E-state index in [2.05, 4.69) is 0 Å². The molecule has 21 heavy (non-hydrogen) atoms. The van der Waals surface area contributed by atoms with Gasteiger partial charge < -0.3 is 14.9 Å². The van der Waals surface area contributed by atoms with Crippen LogP contribution in [0.3, 0.4) is 0 Å². The number of carboxylic acid groups (broad SMARTS) is 1. The highest BCUT2D eigenvalue weighted by Crippen LogP contribution is 2.34. The van der Waals surface area contributed by atoms with Crippen molar-refractivity contribution in [2.45, 2.75) is 44.6 Å². The highest BCUT2D eigenvalue weighted by atomic mass is 16.4. The van der Waals surface area contributed by atoms with Crippen molar-refractivity contribution in [2.24, 2.45) is 11.8 Å². The van der Waals surface area contributed by atoms with Crippen LogP contribution in [0.2, 0.25) is 0 Å². The van der Waals surface area contributed by atoms with E-state index in [1.165, 1.54) is 0 Å². The predicted molar refractivity (Wildman–Crippen MR) is 74.4 cm³/mol. The average molecular weight is 294 g/mol. The van der Waals surface area contributed by atoms with Crippen LogP contribution in [0, 0.1) is 11.8 Å². The van der Waals surface area contributed by atoms with Crippen molar-refractivity contribution in [1.29, 1.82) is 0 Å². The van der Waals surface area contributed by atoms with E-state index in [1.807, 2.05) is 0 Å². The summed E-state index contributed by atoms with van der Waals surface area (Å²) in [5.74, 6) is -0.789. The molecule has 0 radical (unpaired) electrons. The van der Waals surface area contributed by atoms with Gasteiger partial charge in [-0.1, -0.05) is 0 Å². The van der Waals surface area contributed by atoms with E-state index < -0.39 is 5.97 Å². The maximum absolute atomic E-state index is 12.6. The fourth-order valence-corrected chi connectivity index (χ4v) is 3.41. The molecule has 1 unspecified atom stereocenters. The maximum Gasteiger partial charge on any atom is 0.306 e. The van der Waals surface area contributed by atoms with Crippen LogP contribution in [0.4, 0.5) is 0 Å². The number of amides is 2. The SMILES string of the molecule is O=C(O)C1CCN(C(=O)C2CCCN2C(=O)C2CC2)CC1. The number of piperidine rings is 1. The van der Waals surface area contributed by atoms with Crippen molar-refractivity contribution < 1.29 is 19.5 Å². The Labute approximate surface area is 124 Å². The zero-order valence-electron chi connectivity index (χ0n) is 12.2. The van der Waals surface area contributed by atoms with Crippen LogP contribution in [0.5, 0.6) is 0 Å². The molecule has 2 aliphatic heterocycles. The standard InChI is InChI=1S/C15H22N2O4/c18-13(10-3-4-10)17-7-1-2-12(17)14(19)16-8-5-11(6-9-16)15(20)21/h10-12H,1-9H2,(H,20,21). The van der Waals surface area contributed by atoms with Gasteiger partial charge >= 0.3 is 5.97 Å². The molecule has 6 heteroatoms. The van der Waals surface area contributed by atoms with Crippen molar-refractivity contribution >= 4 is 17.8 Å². The summed E-state index contributed by atoms with van der Waals surface area (Å²) in [6.07, 6.45) is 4.59. The Balaban J connectivity index is 1.59. The number of aliphatic carboxylic acids is 1. The van der Waals surface area contributed by atoms with Crippen molar-refractivity contribution in [2.75, 3.05) is 19.6 Å². The lowest BCUT2D eigenvalue weighted by Gasteiger charge is -2.34. The first kappa shape index (κ1) is 14.4. The molecule has 2 saturated heterocycles. The van der Waals surface area contributed by atoms with E-state index in [-0.39, 0.29) is 29.7 Å². The lowest BCUT2D eigenvalue weighted by Crippen LogP contribution is -2.50. The minimum Gasteiger partial charge on any atom is -0.481 e. The van der Waals surface area contributed by atoms with E-state index in [0.717, 1.165) is 25.7 Å². The Hall–Kier alpha value is -1.59. The molecule has 1 aliphatic carbocycles. The highest BCUT2D eigenvalue weighted by molar-refractivity contribution is 5.90. The normalized spacial score (nSPS) is 27.0.